The van der Waals surface area contributed by atoms with E-state index in [-0.39, 0.29) is 5.91 Å². The zero-order chi connectivity index (χ0) is 19.8. The van der Waals surface area contributed by atoms with Crippen molar-refractivity contribution in [2.75, 3.05) is 10.6 Å². The van der Waals surface area contributed by atoms with Crippen LogP contribution in [0.4, 0.5) is 17.3 Å². The normalized spacial score (nSPS) is 11.1. The zero-order valence-electron chi connectivity index (χ0n) is 15.0. The number of anilines is 3. The fraction of sp³-hybridized carbons (Fsp3) is 0. The molecule has 142 valence electrons. The van der Waals surface area contributed by atoms with Gasteiger partial charge in [-0.05, 0) is 60.7 Å². The quantitative estimate of drug-likeness (QED) is 0.336. The van der Waals surface area contributed by atoms with Gasteiger partial charge in [0.05, 0.1) is 22.7 Å². The molecule has 1 amide bonds. The molecular formula is C21H15ClN6O. The number of nitrogens with zero attached hydrogens (tertiary/aromatic N) is 2. The summed E-state index contributed by atoms with van der Waals surface area (Å²) in [5, 5.41) is 14.6. The van der Waals surface area contributed by atoms with Gasteiger partial charge in [-0.25, -0.2) is 4.98 Å². The lowest BCUT2D eigenvalue weighted by Crippen LogP contribution is -2.11. The first kappa shape index (κ1) is 17.3. The molecule has 4 N–H and O–H groups in total. The maximum atomic E-state index is 12.7. The average Bonchev–Trinajstić information content (AvgIpc) is 3.34. The first-order chi connectivity index (χ1) is 14.1. The molecule has 7 nitrogen and oxygen atoms in total. The summed E-state index contributed by atoms with van der Waals surface area (Å²) in [6, 6.07) is 18.3. The molecule has 0 aliphatic heterocycles. The van der Waals surface area contributed by atoms with E-state index < -0.39 is 0 Å². The number of carbonyl (C=O) groups excluding carboxylic acids is 1. The Kier molecular flexibility index (Phi) is 4.14. The summed E-state index contributed by atoms with van der Waals surface area (Å²) in [7, 11) is 0. The first-order valence-electron chi connectivity index (χ1n) is 8.91. The molecule has 0 saturated carbocycles. The standard InChI is InChI=1S/C21H15ClN6O/c22-14-3-6-15(7-4-14)25-21-26-17-8-2-12(9-19(17)27-21)20(29)24-16-5-1-13-11-23-28-18(13)10-16/h1-11H,(H,23,28)(H,24,29)(H2,25,26,27). The molecule has 0 atom stereocenters. The molecule has 3 aromatic carbocycles. The lowest BCUT2D eigenvalue weighted by molar-refractivity contribution is 0.102. The lowest BCUT2D eigenvalue weighted by atomic mass is 10.1. The molecule has 2 aromatic heterocycles. The van der Waals surface area contributed by atoms with Crippen LogP contribution < -0.4 is 10.6 Å². The van der Waals surface area contributed by atoms with Crippen molar-refractivity contribution in [3.63, 3.8) is 0 Å². The van der Waals surface area contributed by atoms with Crippen LogP contribution in [-0.4, -0.2) is 26.1 Å². The highest BCUT2D eigenvalue weighted by atomic mass is 35.5. The molecule has 0 radical (unpaired) electrons. The van der Waals surface area contributed by atoms with Gasteiger partial charge in [0.2, 0.25) is 5.95 Å². The summed E-state index contributed by atoms with van der Waals surface area (Å²) < 4.78 is 0. The molecular weight excluding hydrogens is 388 g/mol. The minimum absolute atomic E-state index is 0.201. The fourth-order valence-electron chi connectivity index (χ4n) is 3.10. The highest BCUT2D eigenvalue weighted by Crippen LogP contribution is 2.22. The second-order valence-electron chi connectivity index (χ2n) is 6.58. The number of halogens is 1. The predicted molar refractivity (Wildman–Crippen MR) is 115 cm³/mol. The van der Waals surface area contributed by atoms with Gasteiger partial charge in [0.15, 0.2) is 0 Å². The Morgan fingerprint density at radius 2 is 1.76 bits per heavy atom. The van der Waals surface area contributed by atoms with Gasteiger partial charge in [0.1, 0.15) is 0 Å². The monoisotopic (exact) mass is 402 g/mol. The SMILES string of the molecule is O=C(Nc1ccc2cn[nH]c2c1)c1ccc2nc(Nc3ccc(Cl)cc3)[nH]c2c1. The van der Waals surface area contributed by atoms with Crippen LogP contribution in [0.25, 0.3) is 21.9 Å². The molecule has 0 fully saturated rings. The second kappa shape index (κ2) is 6.96. The zero-order valence-corrected chi connectivity index (χ0v) is 15.8. The molecule has 0 bridgehead atoms. The molecule has 0 spiro atoms. The minimum Gasteiger partial charge on any atom is -0.326 e. The number of hydrogen-bond acceptors (Lipinski definition) is 4. The van der Waals surface area contributed by atoms with Crippen LogP contribution in [0.5, 0.6) is 0 Å². The number of H-pyrrole nitrogens is 2. The van der Waals surface area contributed by atoms with E-state index in [4.69, 9.17) is 11.6 Å². The Hall–Kier alpha value is -3.84. The molecule has 0 saturated heterocycles. The van der Waals surface area contributed by atoms with Crippen molar-refractivity contribution in [1.82, 2.24) is 20.2 Å². The van der Waals surface area contributed by atoms with Crippen molar-refractivity contribution < 1.29 is 4.79 Å². The smallest absolute Gasteiger partial charge is 0.255 e. The van der Waals surface area contributed by atoms with E-state index in [1.54, 1.807) is 30.5 Å². The first-order valence-corrected chi connectivity index (χ1v) is 9.29. The Morgan fingerprint density at radius 1 is 0.931 bits per heavy atom. The summed E-state index contributed by atoms with van der Waals surface area (Å²) in [5.41, 5.74) is 4.48. The number of amides is 1. The van der Waals surface area contributed by atoms with Crippen LogP contribution in [0.3, 0.4) is 0 Å². The number of hydrogen-bond donors (Lipinski definition) is 4. The number of fused-ring (bicyclic) bond motifs is 2. The third-order valence-corrected chi connectivity index (χ3v) is 4.80. The van der Waals surface area contributed by atoms with Gasteiger partial charge in [-0.1, -0.05) is 11.6 Å². The summed E-state index contributed by atoms with van der Waals surface area (Å²) >= 11 is 5.91. The summed E-state index contributed by atoms with van der Waals surface area (Å²) in [5.74, 6) is 0.386. The Bertz CT molecular complexity index is 1340. The molecule has 5 rings (SSSR count). The fourth-order valence-corrected chi connectivity index (χ4v) is 3.22. The summed E-state index contributed by atoms with van der Waals surface area (Å²) in [4.78, 5) is 20.4. The largest absolute Gasteiger partial charge is 0.326 e. The molecule has 0 unspecified atom stereocenters. The van der Waals surface area contributed by atoms with Gasteiger partial charge in [-0.3, -0.25) is 9.89 Å². The van der Waals surface area contributed by atoms with Crippen molar-refractivity contribution in [3.05, 3.63) is 77.4 Å². The van der Waals surface area contributed by atoms with E-state index in [2.05, 4.69) is 30.8 Å². The summed E-state index contributed by atoms with van der Waals surface area (Å²) in [6.07, 6.45) is 1.74. The van der Waals surface area contributed by atoms with Crippen molar-refractivity contribution >= 4 is 56.8 Å². The third kappa shape index (κ3) is 3.51. The van der Waals surface area contributed by atoms with Gasteiger partial charge in [0, 0.05) is 27.3 Å². The van der Waals surface area contributed by atoms with Gasteiger partial charge in [0.25, 0.3) is 5.91 Å². The second-order valence-corrected chi connectivity index (χ2v) is 7.01. The highest BCUT2D eigenvalue weighted by molar-refractivity contribution is 6.30. The van der Waals surface area contributed by atoms with Crippen LogP contribution in [0.1, 0.15) is 10.4 Å². The minimum atomic E-state index is -0.201. The molecule has 0 aliphatic carbocycles. The number of rotatable bonds is 4. The van der Waals surface area contributed by atoms with E-state index in [9.17, 15) is 4.79 Å². The van der Waals surface area contributed by atoms with Crippen LogP contribution in [0.2, 0.25) is 5.02 Å². The van der Waals surface area contributed by atoms with Crippen molar-refractivity contribution in [2.45, 2.75) is 0 Å². The van der Waals surface area contributed by atoms with Gasteiger partial charge < -0.3 is 15.6 Å². The van der Waals surface area contributed by atoms with Crippen LogP contribution in [-0.2, 0) is 0 Å². The maximum Gasteiger partial charge on any atom is 0.255 e. The van der Waals surface area contributed by atoms with E-state index in [1.165, 1.54) is 0 Å². The topological polar surface area (TPSA) is 98.5 Å². The average molecular weight is 403 g/mol. The van der Waals surface area contributed by atoms with E-state index >= 15 is 0 Å². The van der Waals surface area contributed by atoms with E-state index in [0.29, 0.717) is 22.2 Å². The molecule has 0 aliphatic rings. The predicted octanol–water partition coefficient (Wildman–Crippen LogP) is 5.09. The Labute approximate surface area is 170 Å². The summed E-state index contributed by atoms with van der Waals surface area (Å²) in [6.45, 7) is 0. The number of aromatic nitrogens is 4. The van der Waals surface area contributed by atoms with Crippen molar-refractivity contribution in [1.29, 1.82) is 0 Å². The van der Waals surface area contributed by atoms with Crippen LogP contribution in [0.15, 0.2) is 66.9 Å². The van der Waals surface area contributed by atoms with Crippen molar-refractivity contribution in [3.8, 4) is 0 Å². The number of imidazole rings is 1. The van der Waals surface area contributed by atoms with Crippen LogP contribution >= 0.6 is 11.6 Å². The molecule has 8 heteroatoms. The maximum absolute atomic E-state index is 12.7. The number of nitrogens with one attached hydrogen (secondary N) is 4. The van der Waals surface area contributed by atoms with E-state index in [0.717, 1.165) is 27.6 Å². The highest BCUT2D eigenvalue weighted by Gasteiger charge is 2.10. The van der Waals surface area contributed by atoms with E-state index in [1.807, 2.05) is 36.4 Å². The molecule has 2 heterocycles. The van der Waals surface area contributed by atoms with Crippen LogP contribution in [0, 0.1) is 0 Å². The van der Waals surface area contributed by atoms with Gasteiger partial charge in [-0.2, -0.15) is 5.10 Å². The number of carbonyl (C=O) groups is 1. The third-order valence-electron chi connectivity index (χ3n) is 4.55. The molecule has 29 heavy (non-hydrogen) atoms. The number of benzene rings is 3. The molecule has 5 aromatic rings. The Morgan fingerprint density at radius 3 is 2.62 bits per heavy atom. The van der Waals surface area contributed by atoms with Gasteiger partial charge in [-0.15, -0.1) is 0 Å². The number of aromatic amines is 2. The van der Waals surface area contributed by atoms with Crippen molar-refractivity contribution in [2.24, 2.45) is 0 Å². The van der Waals surface area contributed by atoms with Gasteiger partial charge >= 0.3 is 0 Å². The lowest BCUT2D eigenvalue weighted by Gasteiger charge is -2.05. The Balaban J connectivity index is 1.37.